The smallest absolute Gasteiger partial charge is 0.238 e. The summed E-state index contributed by atoms with van der Waals surface area (Å²) in [6.45, 7) is 0. The molecule has 68 valence electrons. The van der Waals surface area contributed by atoms with Crippen LogP contribution in [0.5, 0.6) is 0 Å². The molecule has 2 saturated carbocycles. The van der Waals surface area contributed by atoms with Gasteiger partial charge in [0.05, 0.1) is 0 Å². The maximum atomic E-state index is 12.0. The minimum Gasteiger partial charge on any atom is -0.299 e. The van der Waals surface area contributed by atoms with Gasteiger partial charge in [0.15, 0.2) is 0 Å². The summed E-state index contributed by atoms with van der Waals surface area (Å²) in [5, 5.41) is 0. The normalized spacial score (nSPS) is 39.9. The second-order valence-electron chi connectivity index (χ2n) is 3.99. The molecule has 2 fully saturated rings. The van der Waals surface area contributed by atoms with Crippen molar-refractivity contribution in [2.45, 2.75) is 32.1 Å². The fraction of sp³-hybridized carbons (Fsp3) is 0.889. The lowest BCUT2D eigenvalue weighted by Gasteiger charge is -2.19. The van der Waals surface area contributed by atoms with E-state index in [0.29, 0.717) is 12.2 Å². The zero-order chi connectivity index (χ0) is 8.72. The number of Topliss-reactive ketones (excluding diaryl/α,β-unsaturated/α-hetero) is 1. The summed E-state index contributed by atoms with van der Waals surface area (Å²) in [4.78, 5) is 11.1. The Bertz CT molecular complexity index is 203. The molecule has 0 N–H and O–H groups in total. The van der Waals surface area contributed by atoms with Crippen molar-refractivity contribution in [1.29, 1.82) is 0 Å². The molecule has 0 aromatic carbocycles. The van der Waals surface area contributed by atoms with Crippen LogP contribution in [0, 0.1) is 17.8 Å². The summed E-state index contributed by atoms with van der Waals surface area (Å²) in [6.07, 6.45) is 0.00468. The molecule has 3 heteroatoms. The zero-order valence-corrected chi connectivity index (χ0v) is 6.80. The summed E-state index contributed by atoms with van der Waals surface area (Å²) in [7, 11) is 0. The number of fused-ring (bicyclic) bond motifs is 2. The van der Waals surface area contributed by atoms with Gasteiger partial charge in [-0.25, -0.2) is 8.78 Å². The minimum atomic E-state index is -2.19. The van der Waals surface area contributed by atoms with Crippen LogP contribution in [0.15, 0.2) is 0 Å². The average Bonchev–Trinajstić information content (AvgIpc) is 2.44. The van der Waals surface area contributed by atoms with E-state index in [9.17, 15) is 13.6 Å². The molecular weight excluding hydrogens is 162 g/mol. The van der Waals surface area contributed by atoms with Crippen LogP contribution in [-0.4, -0.2) is 12.2 Å². The van der Waals surface area contributed by atoms with Gasteiger partial charge in [-0.05, 0) is 24.7 Å². The van der Waals surface area contributed by atoms with Gasteiger partial charge in [0.2, 0.25) is 6.43 Å². The van der Waals surface area contributed by atoms with Crippen LogP contribution in [0.3, 0.4) is 0 Å². The zero-order valence-electron chi connectivity index (χ0n) is 6.80. The predicted octanol–water partition coefficient (Wildman–Crippen LogP) is 2.26. The third-order valence-electron chi connectivity index (χ3n) is 3.24. The van der Waals surface area contributed by atoms with E-state index in [1.807, 2.05) is 0 Å². The van der Waals surface area contributed by atoms with Gasteiger partial charge in [0.1, 0.15) is 5.78 Å². The molecule has 0 saturated heterocycles. The van der Waals surface area contributed by atoms with E-state index >= 15 is 0 Å². The highest BCUT2D eigenvalue weighted by Crippen LogP contribution is 2.48. The first-order valence-electron chi connectivity index (χ1n) is 4.47. The topological polar surface area (TPSA) is 17.1 Å². The monoisotopic (exact) mass is 174 g/mol. The standard InChI is InChI=1S/C9H12F2O/c10-9(11)4-6-2-7-1-5(6)3-8(7)12/h5-7,9H,1-4H2. The molecule has 3 unspecified atom stereocenters. The molecule has 0 heterocycles. The summed E-state index contributed by atoms with van der Waals surface area (Å²) in [5.41, 5.74) is 0. The molecule has 0 aromatic heterocycles. The Morgan fingerprint density at radius 2 is 2.17 bits per heavy atom. The van der Waals surface area contributed by atoms with E-state index in [-0.39, 0.29) is 24.2 Å². The van der Waals surface area contributed by atoms with E-state index in [0.717, 1.165) is 12.8 Å². The van der Waals surface area contributed by atoms with Crippen molar-refractivity contribution in [3.63, 3.8) is 0 Å². The van der Waals surface area contributed by atoms with Gasteiger partial charge in [-0.2, -0.15) is 0 Å². The van der Waals surface area contributed by atoms with Gasteiger partial charge in [-0.15, -0.1) is 0 Å². The third-order valence-corrected chi connectivity index (χ3v) is 3.24. The molecular formula is C9H12F2O. The second kappa shape index (κ2) is 2.79. The molecule has 2 aliphatic carbocycles. The molecule has 2 bridgehead atoms. The summed E-state index contributed by atoms with van der Waals surface area (Å²) < 4.78 is 24.0. The van der Waals surface area contributed by atoms with E-state index in [1.165, 1.54) is 0 Å². The summed E-state index contributed by atoms with van der Waals surface area (Å²) >= 11 is 0. The molecule has 2 rings (SSSR count). The van der Waals surface area contributed by atoms with Gasteiger partial charge in [0, 0.05) is 18.8 Å². The van der Waals surface area contributed by atoms with Crippen LogP contribution in [0.4, 0.5) is 8.78 Å². The molecule has 0 spiro atoms. The number of ketones is 1. The Hall–Kier alpha value is -0.470. The Kier molecular flexibility index (Phi) is 1.89. The highest BCUT2D eigenvalue weighted by atomic mass is 19.3. The SMILES string of the molecule is O=C1CC2CC1CC2CC(F)F. The molecule has 3 atom stereocenters. The molecule has 1 nitrogen and oxygen atoms in total. The first kappa shape index (κ1) is 8.14. The summed E-state index contributed by atoms with van der Waals surface area (Å²) in [5.74, 6) is 0.869. The number of carbonyl (C=O) groups excluding carboxylic acids is 1. The van der Waals surface area contributed by atoms with Gasteiger partial charge in [0.25, 0.3) is 0 Å². The van der Waals surface area contributed by atoms with E-state index in [4.69, 9.17) is 0 Å². The van der Waals surface area contributed by atoms with Gasteiger partial charge in [-0.1, -0.05) is 0 Å². The van der Waals surface area contributed by atoms with Gasteiger partial charge >= 0.3 is 0 Å². The van der Waals surface area contributed by atoms with Crippen molar-refractivity contribution in [2.24, 2.45) is 17.8 Å². The van der Waals surface area contributed by atoms with Crippen molar-refractivity contribution < 1.29 is 13.6 Å². The van der Waals surface area contributed by atoms with Crippen molar-refractivity contribution >= 4 is 5.78 Å². The van der Waals surface area contributed by atoms with E-state index < -0.39 is 6.43 Å². The number of halogens is 2. The number of carbonyl (C=O) groups is 1. The minimum absolute atomic E-state index is 0.00838. The highest BCUT2D eigenvalue weighted by molar-refractivity contribution is 5.84. The molecule has 0 amide bonds. The molecule has 2 aliphatic rings. The number of rotatable bonds is 2. The van der Waals surface area contributed by atoms with Crippen molar-refractivity contribution in [3.05, 3.63) is 0 Å². The van der Waals surface area contributed by atoms with Crippen LogP contribution in [-0.2, 0) is 4.79 Å². The first-order chi connectivity index (χ1) is 5.66. The number of hydrogen-bond acceptors (Lipinski definition) is 1. The lowest BCUT2D eigenvalue weighted by Crippen LogP contribution is -2.19. The number of hydrogen-bond donors (Lipinski definition) is 0. The lowest BCUT2D eigenvalue weighted by molar-refractivity contribution is -0.122. The molecule has 0 aromatic rings. The Morgan fingerprint density at radius 3 is 2.58 bits per heavy atom. The predicted molar refractivity (Wildman–Crippen MR) is 39.9 cm³/mol. The van der Waals surface area contributed by atoms with Crippen LogP contribution in [0.2, 0.25) is 0 Å². The third kappa shape index (κ3) is 1.25. The largest absolute Gasteiger partial charge is 0.299 e. The van der Waals surface area contributed by atoms with Crippen LogP contribution >= 0.6 is 0 Å². The quantitative estimate of drug-likeness (QED) is 0.627. The molecule has 12 heavy (non-hydrogen) atoms. The Morgan fingerprint density at radius 1 is 1.42 bits per heavy atom. The first-order valence-corrected chi connectivity index (χ1v) is 4.47. The van der Waals surface area contributed by atoms with Crippen molar-refractivity contribution in [2.75, 3.05) is 0 Å². The van der Waals surface area contributed by atoms with E-state index in [2.05, 4.69) is 0 Å². The summed E-state index contributed by atoms with van der Waals surface area (Å²) in [6, 6.07) is 0. The number of alkyl halides is 2. The maximum Gasteiger partial charge on any atom is 0.238 e. The average molecular weight is 174 g/mol. The van der Waals surface area contributed by atoms with E-state index in [1.54, 1.807) is 0 Å². The Labute approximate surface area is 70.1 Å². The lowest BCUT2D eigenvalue weighted by atomic mass is 9.86. The van der Waals surface area contributed by atoms with Crippen LogP contribution < -0.4 is 0 Å². The highest BCUT2D eigenvalue weighted by Gasteiger charge is 2.45. The molecule has 0 radical (unpaired) electrons. The Balaban J connectivity index is 1.94. The fourth-order valence-corrected chi connectivity index (χ4v) is 2.67. The molecule has 0 aliphatic heterocycles. The fourth-order valence-electron chi connectivity index (χ4n) is 2.67. The second-order valence-corrected chi connectivity index (χ2v) is 3.99. The van der Waals surface area contributed by atoms with Crippen LogP contribution in [0.25, 0.3) is 0 Å². The maximum absolute atomic E-state index is 12.0. The van der Waals surface area contributed by atoms with Gasteiger partial charge < -0.3 is 0 Å². The van der Waals surface area contributed by atoms with Crippen LogP contribution in [0.1, 0.15) is 25.7 Å². The van der Waals surface area contributed by atoms with Crippen molar-refractivity contribution in [1.82, 2.24) is 0 Å². The van der Waals surface area contributed by atoms with Crippen molar-refractivity contribution in [3.8, 4) is 0 Å². The van der Waals surface area contributed by atoms with Gasteiger partial charge in [-0.3, -0.25) is 4.79 Å².